The van der Waals surface area contributed by atoms with Crippen LogP contribution >= 0.6 is 33.9 Å². The molecule has 0 saturated heterocycles. The van der Waals surface area contributed by atoms with Gasteiger partial charge in [0.1, 0.15) is 6.61 Å². The number of halogens is 1. The molecular weight excluding hydrogens is 629 g/mol. The maximum Gasteiger partial charge on any atom is 0.338 e. The normalized spacial score (nSPS) is 14.9. The van der Waals surface area contributed by atoms with Crippen molar-refractivity contribution in [3.63, 3.8) is 0 Å². The lowest BCUT2D eigenvalue weighted by Gasteiger charge is -2.25. The number of benzene rings is 2. The Morgan fingerprint density at radius 1 is 1.26 bits per heavy atom. The first-order chi connectivity index (χ1) is 18.7. The number of carbonyl (C=O) groups is 1. The number of nitrogens with zero attached hydrogens (tertiary/aromatic N) is 3. The van der Waals surface area contributed by atoms with Crippen molar-refractivity contribution >= 4 is 51.7 Å². The summed E-state index contributed by atoms with van der Waals surface area (Å²) in [6.07, 6.45) is 3.47. The molecule has 0 spiro atoms. The van der Waals surface area contributed by atoms with Crippen LogP contribution in [0, 0.1) is 3.57 Å². The summed E-state index contributed by atoms with van der Waals surface area (Å²) < 4.78 is 19.6. The Hall–Kier alpha value is -3.38. The Morgan fingerprint density at radius 3 is 2.59 bits per heavy atom. The molecule has 39 heavy (non-hydrogen) atoms. The fourth-order valence-electron chi connectivity index (χ4n) is 4.32. The molecule has 0 saturated carbocycles. The average molecular weight is 660 g/mol. The molecule has 0 bridgehead atoms. The predicted octanol–water partition coefficient (Wildman–Crippen LogP) is 4.04. The van der Waals surface area contributed by atoms with Gasteiger partial charge in [-0.1, -0.05) is 36.1 Å². The molecule has 2 heterocycles. The highest BCUT2D eigenvalue weighted by molar-refractivity contribution is 14.1. The first kappa shape index (κ1) is 28.6. The maximum absolute atomic E-state index is 13.9. The number of ether oxygens (including phenoxy) is 3. The number of allylic oxidation sites excluding steroid dienone is 1. The minimum Gasteiger partial charge on any atom is -0.493 e. The van der Waals surface area contributed by atoms with Crippen molar-refractivity contribution in [2.45, 2.75) is 19.9 Å². The van der Waals surface area contributed by atoms with E-state index in [1.54, 1.807) is 37.7 Å². The summed E-state index contributed by atoms with van der Waals surface area (Å²) in [6, 6.07) is 10.9. The van der Waals surface area contributed by atoms with Crippen molar-refractivity contribution in [1.82, 2.24) is 4.57 Å². The summed E-state index contributed by atoms with van der Waals surface area (Å²) in [5, 5.41) is 0. The fraction of sp³-hybridized carbons (Fsp3) is 0.276. The average Bonchev–Trinajstić information content (AvgIpc) is 3.21. The van der Waals surface area contributed by atoms with E-state index >= 15 is 0 Å². The van der Waals surface area contributed by atoms with Crippen LogP contribution < -0.4 is 29.3 Å². The van der Waals surface area contributed by atoms with Crippen molar-refractivity contribution in [3.8, 4) is 11.5 Å². The Labute approximate surface area is 244 Å². The van der Waals surface area contributed by atoms with Crippen molar-refractivity contribution < 1.29 is 19.0 Å². The molecule has 10 heteroatoms. The van der Waals surface area contributed by atoms with Crippen LogP contribution in [0.15, 0.2) is 70.1 Å². The third-order valence-corrected chi connectivity index (χ3v) is 7.92. The van der Waals surface area contributed by atoms with Gasteiger partial charge >= 0.3 is 5.97 Å². The molecule has 0 fully saturated rings. The molecule has 1 aromatic heterocycles. The topological polar surface area (TPSA) is 82.4 Å². The smallest absolute Gasteiger partial charge is 0.338 e. The first-order valence-corrected chi connectivity index (χ1v) is 14.2. The zero-order valence-corrected chi connectivity index (χ0v) is 25.5. The Balaban J connectivity index is 1.89. The number of esters is 1. The molecular formula is C29H30IN3O5S. The highest BCUT2D eigenvalue weighted by atomic mass is 127. The van der Waals surface area contributed by atoms with Gasteiger partial charge in [0.2, 0.25) is 0 Å². The van der Waals surface area contributed by atoms with Crippen molar-refractivity contribution in [2.24, 2.45) is 4.99 Å². The lowest BCUT2D eigenvalue weighted by Crippen LogP contribution is -2.39. The molecule has 1 atom stereocenters. The van der Waals surface area contributed by atoms with Gasteiger partial charge in [0.05, 0.1) is 39.1 Å². The number of anilines is 1. The van der Waals surface area contributed by atoms with Crippen LogP contribution in [-0.4, -0.2) is 45.0 Å². The zero-order valence-electron chi connectivity index (χ0n) is 22.5. The molecule has 0 aliphatic carbocycles. The number of rotatable bonds is 9. The number of methoxy groups -OCH3 is 1. The number of thiazole rings is 1. The Kier molecular flexibility index (Phi) is 8.96. The van der Waals surface area contributed by atoms with E-state index in [1.807, 2.05) is 55.4 Å². The number of hydrogen-bond donors (Lipinski definition) is 0. The SMILES string of the molecule is C=CCOc1c(I)cc(C=c2sc3n(c2=O)[C@@H](c2ccc(N(C)C)cc2)C(C(=O)OCC)=C(C)N=3)cc1OC. The van der Waals surface area contributed by atoms with Crippen LogP contribution in [0.3, 0.4) is 0 Å². The molecule has 1 aliphatic rings. The van der Waals surface area contributed by atoms with E-state index in [4.69, 9.17) is 14.2 Å². The van der Waals surface area contributed by atoms with Crippen LogP contribution in [0.4, 0.5) is 5.69 Å². The predicted molar refractivity (Wildman–Crippen MR) is 163 cm³/mol. The lowest BCUT2D eigenvalue weighted by molar-refractivity contribution is -0.139. The van der Waals surface area contributed by atoms with E-state index in [9.17, 15) is 9.59 Å². The highest BCUT2D eigenvalue weighted by Crippen LogP contribution is 2.34. The van der Waals surface area contributed by atoms with Gasteiger partial charge in [-0.2, -0.15) is 0 Å². The number of fused-ring (bicyclic) bond motifs is 1. The van der Waals surface area contributed by atoms with Crippen LogP contribution in [0.1, 0.15) is 31.0 Å². The first-order valence-electron chi connectivity index (χ1n) is 12.3. The van der Waals surface area contributed by atoms with E-state index < -0.39 is 12.0 Å². The summed E-state index contributed by atoms with van der Waals surface area (Å²) in [5.41, 5.74) is 3.23. The molecule has 0 unspecified atom stereocenters. The molecule has 4 rings (SSSR count). The van der Waals surface area contributed by atoms with Gasteiger partial charge in [-0.15, -0.1) is 0 Å². The minimum atomic E-state index is -0.664. The molecule has 8 nitrogen and oxygen atoms in total. The number of hydrogen-bond acceptors (Lipinski definition) is 8. The summed E-state index contributed by atoms with van der Waals surface area (Å²) in [4.78, 5) is 34.2. The summed E-state index contributed by atoms with van der Waals surface area (Å²) in [6.45, 7) is 7.80. The lowest BCUT2D eigenvalue weighted by atomic mass is 9.95. The van der Waals surface area contributed by atoms with Crippen molar-refractivity contribution in [2.75, 3.05) is 39.3 Å². The van der Waals surface area contributed by atoms with E-state index in [-0.39, 0.29) is 12.2 Å². The second kappa shape index (κ2) is 12.2. The third kappa shape index (κ3) is 5.81. The second-order valence-corrected chi connectivity index (χ2v) is 11.1. The fourth-order valence-corrected chi connectivity index (χ4v) is 6.15. The summed E-state index contributed by atoms with van der Waals surface area (Å²) in [5.74, 6) is 0.693. The standard InChI is InChI=1S/C29H30IN3O5S/c1-7-13-38-26-21(30)14-18(15-22(26)36-6)16-23-27(34)33-25(19-9-11-20(12-10-19)32(4)5)24(28(35)37-8-2)17(3)31-29(33)39-23/h7,9-12,14-16,25H,1,8,13H2,2-6H3/t25-/m0/s1. The van der Waals surface area contributed by atoms with Crippen LogP contribution in [0.5, 0.6) is 11.5 Å². The Morgan fingerprint density at radius 2 is 1.97 bits per heavy atom. The molecule has 3 aromatic rings. The zero-order chi connectivity index (χ0) is 28.3. The van der Waals surface area contributed by atoms with Crippen LogP contribution in [0.2, 0.25) is 0 Å². The summed E-state index contributed by atoms with van der Waals surface area (Å²) in [7, 11) is 5.49. The molecule has 0 N–H and O–H groups in total. The van der Waals surface area contributed by atoms with Crippen molar-refractivity contribution in [3.05, 3.63) is 94.7 Å². The van der Waals surface area contributed by atoms with Crippen molar-refractivity contribution in [1.29, 1.82) is 0 Å². The largest absolute Gasteiger partial charge is 0.493 e. The van der Waals surface area contributed by atoms with Crippen LogP contribution in [0.25, 0.3) is 6.08 Å². The molecule has 0 radical (unpaired) electrons. The van der Waals surface area contributed by atoms with E-state index in [1.165, 1.54) is 11.3 Å². The minimum absolute atomic E-state index is 0.222. The molecule has 2 aromatic carbocycles. The van der Waals surface area contributed by atoms with Gasteiger partial charge < -0.3 is 19.1 Å². The Bertz CT molecular complexity index is 1620. The molecule has 204 valence electrons. The summed E-state index contributed by atoms with van der Waals surface area (Å²) >= 11 is 3.46. The van der Waals surface area contributed by atoms with Gasteiger partial charge in [0.15, 0.2) is 16.3 Å². The van der Waals surface area contributed by atoms with E-state index in [0.29, 0.717) is 38.7 Å². The van der Waals surface area contributed by atoms with E-state index in [0.717, 1.165) is 20.4 Å². The quantitative estimate of drug-likeness (QED) is 0.196. The molecule has 0 amide bonds. The second-order valence-electron chi connectivity index (χ2n) is 8.92. The molecule has 1 aliphatic heterocycles. The third-order valence-electron chi connectivity index (χ3n) is 6.14. The highest BCUT2D eigenvalue weighted by Gasteiger charge is 2.33. The van der Waals surface area contributed by atoms with Crippen LogP contribution in [-0.2, 0) is 9.53 Å². The number of aromatic nitrogens is 1. The van der Waals surface area contributed by atoms with Gasteiger partial charge in [-0.05, 0) is 77.9 Å². The maximum atomic E-state index is 13.9. The monoisotopic (exact) mass is 659 g/mol. The van der Waals surface area contributed by atoms with Gasteiger partial charge in [-0.3, -0.25) is 9.36 Å². The van der Waals surface area contributed by atoms with Gasteiger partial charge in [0, 0.05) is 19.8 Å². The van der Waals surface area contributed by atoms with Gasteiger partial charge in [-0.25, -0.2) is 9.79 Å². The van der Waals surface area contributed by atoms with E-state index in [2.05, 4.69) is 34.2 Å². The van der Waals surface area contributed by atoms with Gasteiger partial charge in [0.25, 0.3) is 5.56 Å². The number of carbonyl (C=O) groups excluding carboxylic acids is 1.